The van der Waals surface area contributed by atoms with Gasteiger partial charge in [-0.25, -0.2) is 0 Å². The SMILES string of the molecule is Nc1cc(O)c2c(c1)CCC(=O)C2. The molecule has 0 radical (unpaired) electrons. The van der Waals surface area contributed by atoms with Crippen molar-refractivity contribution in [2.45, 2.75) is 19.3 Å². The van der Waals surface area contributed by atoms with Crippen molar-refractivity contribution in [3.63, 3.8) is 0 Å². The van der Waals surface area contributed by atoms with Crippen molar-refractivity contribution < 1.29 is 9.90 Å². The number of aryl methyl sites for hydroxylation is 1. The molecule has 0 fully saturated rings. The van der Waals surface area contributed by atoms with Gasteiger partial charge in [0.2, 0.25) is 0 Å². The van der Waals surface area contributed by atoms with Gasteiger partial charge in [0, 0.05) is 30.2 Å². The monoisotopic (exact) mass is 177 g/mol. The van der Waals surface area contributed by atoms with E-state index >= 15 is 0 Å². The highest BCUT2D eigenvalue weighted by Crippen LogP contribution is 2.29. The highest BCUT2D eigenvalue weighted by molar-refractivity contribution is 5.84. The third kappa shape index (κ3) is 1.37. The molecule has 2 rings (SSSR count). The molecule has 1 aliphatic carbocycles. The summed E-state index contributed by atoms with van der Waals surface area (Å²) in [4.78, 5) is 11.1. The van der Waals surface area contributed by atoms with Crippen LogP contribution in [0.1, 0.15) is 17.5 Å². The molecule has 0 saturated heterocycles. The average Bonchev–Trinajstić information content (AvgIpc) is 2.06. The average molecular weight is 177 g/mol. The Hall–Kier alpha value is -1.51. The number of aromatic hydroxyl groups is 1. The minimum atomic E-state index is 0.156. The Morgan fingerprint density at radius 3 is 2.85 bits per heavy atom. The molecule has 1 aromatic rings. The molecule has 13 heavy (non-hydrogen) atoms. The molecule has 1 aliphatic rings. The maximum absolute atomic E-state index is 11.1. The number of benzene rings is 1. The molecule has 3 nitrogen and oxygen atoms in total. The van der Waals surface area contributed by atoms with Crippen molar-refractivity contribution >= 4 is 11.5 Å². The maximum Gasteiger partial charge on any atom is 0.137 e. The summed E-state index contributed by atoms with van der Waals surface area (Å²) >= 11 is 0. The van der Waals surface area contributed by atoms with Crippen molar-refractivity contribution in [2.24, 2.45) is 0 Å². The molecule has 0 aliphatic heterocycles. The number of anilines is 1. The number of phenolic OH excluding ortho intramolecular Hbond substituents is 1. The van der Waals surface area contributed by atoms with Crippen molar-refractivity contribution in [3.05, 3.63) is 23.3 Å². The minimum Gasteiger partial charge on any atom is -0.508 e. The number of Topliss-reactive ketones (excluding diaryl/α,β-unsaturated/α-hetero) is 1. The van der Waals surface area contributed by atoms with Crippen LogP contribution >= 0.6 is 0 Å². The van der Waals surface area contributed by atoms with Gasteiger partial charge in [-0.2, -0.15) is 0 Å². The summed E-state index contributed by atoms with van der Waals surface area (Å²) in [5.41, 5.74) is 7.90. The van der Waals surface area contributed by atoms with Crippen LogP contribution in [0.5, 0.6) is 5.75 Å². The maximum atomic E-state index is 11.1. The van der Waals surface area contributed by atoms with Crippen LogP contribution in [0, 0.1) is 0 Å². The van der Waals surface area contributed by atoms with Gasteiger partial charge in [-0.15, -0.1) is 0 Å². The van der Waals surface area contributed by atoms with Crippen molar-refractivity contribution in [1.29, 1.82) is 0 Å². The summed E-state index contributed by atoms with van der Waals surface area (Å²) in [5, 5.41) is 9.52. The zero-order valence-corrected chi connectivity index (χ0v) is 7.21. The zero-order valence-electron chi connectivity index (χ0n) is 7.21. The standard InChI is InChI=1S/C10H11NO2/c11-7-3-6-1-2-8(12)5-9(6)10(13)4-7/h3-4,13H,1-2,5,11H2. The van der Waals surface area contributed by atoms with Gasteiger partial charge >= 0.3 is 0 Å². The first-order valence-electron chi connectivity index (χ1n) is 4.29. The minimum absolute atomic E-state index is 0.156. The van der Waals surface area contributed by atoms with Gasteiger partial charge in [-0.1, -0.05) is 0 Å². The van der Waals surface area contributed by atoms with Crippen LogP contribution < -0.4 is 5.73 Å². The molecule has 1 aromatic carbocycles. The first-order chi connectivity index (χ1) is 6.16. The number of carbonyl (C=O) groups is 1. The van der Waals surface area contributed by atoms with E-state index in [1.54, 1.807) is 0 Å². The van der Waals surface area contributed by atoms with Gasteiger partial charge in [0.15, 0.2) is 0 Å². The molecule has 68 valence electrons. The fourth-order valence-corrected chi connectivity index (χ4v) is 1.73. The number of carbonyl (C=O) groups excluding carboxylic acids is 1. The van der Waals surface area contributed by atoms with E-state index in [0.29, 0.717) is 24.9 Å². The lowest BCUT2D eigenvalue weighted by Gasteiger charge is -2.16. The van der Waals surface area contributed by atoms with E-state index in [-0.39, 0.29) is 11.5 Å². The second-order valence-electron chi connectivity index (χ2n) is 3.39. The fourth-order valence-electron chi connectivity index (χ4n) is 1.73. The van der Waals surface area contributed by atoms with Gasteiger partial charge in [-0.3, -0.25) is 4.79 Å². The summed E-state index contributed by atoms with van der Waals surface area (Å²) in [5.74, 6) is 0.343. The summed E-state index contributed by atoms with van der Waals surface area (Å²) in [6.07, 6.45) is 1.62. The van der Waals surface area contributed by atoms with Gasteiger partial charge in [-0.05, 0) is 18.1 Å². The largest absolute Gasteiger partial charge is 0.508 e. The number of nitrogen functional groups attached to an aromatic ring is 1. The molecule has 0 heterocycles. The zero-order chi connectivity index (χ0) is 9.42. The Morgan fingerprint density at radius 2 is 2.08 bits per heavy atom. The smallest absolute Gasteiger partial charge is 0.137 e. The number of hydrogen-bond donors (Lipinski definition) is 2. The van der Waals surface area contributed by atoms with Crippen molar-refractivity contribution in [2.75, 3.05) is 5.73 Å². The van der Waals surface area contributed by atoms with E-state index in [1.807, 2.05) is 6.07 Å². The number of fused-ring (bicyclic) bond motifs is 1. The summed E-state index contributed by atoms with van der Waals surface area (Å²) < 4.78 is 0. The molecular formula is C10H11NO2. The topological polar surface area (TPSA) is 63.3 Å². The lowest BCUT2D eigenvalue weighted by Crippen LogP contribution is -2.13. The van der Waals surface area contributed by atoms with Crippen LogP contribution in [0.4, 0.5) is 5.69 Å². The lowest BCUT2D eigenvalue weighted by molar-refractivity contribution is -0.118. The van der Waals surface area contributed by atoms with E-state index < -0.39 is 0 Å². The highest BCUT2D eigenvalue weighted by atomic mass is 16.3. The molecule has 0 saturated carbocycles. The molecule has 3 heteroatoms. The lowest BCUT2D eigenvalue weighted by atomic mass is 9.90. The summed E-state index contributed by atoms with van der Waals surface area (Å²) in [6.45, 7) is 0. The fraction of sp³-hybridized carbons (Fsp3) is 0.300. The first-order valence-corrected chi connectivity index (χ1v) is 4.29. The first kappa shape index (κ1) is 8.10. The Labute approximate surface area is 76.2 Å². The molecule has 0 aromatic heterocycles. The Bertz CT molecular complexity index is 371. The second-order valence-corrected chi connectivity index (χ2v) is 3.39. The third-order valence-electron chi connectivity index (χ3n) is 2.39. The molecule has 0 unspecified atom stereocenters. The van der Waals surface area contributed by atoms with Gasteiger partial charge in [0.1, 0.15) is 11.5 Å². The highest BCUT2D eigenvalue weighted by Gasteiger charge is 2.18. The van der Waals surface area contributed by atoms with Crippen LogP contribution in [-0.4, -0.2) is 10.9 Å². The molecule has 3 N–H and O–H groups in total. The Kier molecular flexibility index (Phi) is 1.72. The number of rotatable bonds is 0. The Balaban J connectivity index is 2.53. The van der Waals surface area contributed by atoms with Crippen molar-refractivity contribution in [1.82, 2.24) is 0 Å². The Morgan fingerprint density at radius 1 is 1.31 bits per heavy atom. The molecule has 0 bridgehead atoms. The van der Waals surface area contributed by atoms with E-state index in [1.165, 1.54) is 6.07 Å². The number of ketones is 1. The number of nitrogens with two attached hydrogens (primary N) is 1. The van der Waals surface area contributed by atoms with Crippen LogP contribution in [0.3, 0.4) is 0 Å². The van der Waals surface area contributed by atoms with Crippen LogP contribution in [0.25, 0.3) is 0 Å². The summed E-state index contributed by atoms with van der Waals surface area (Å²) in [6, 6.07) is 3.33. The molecule has 0 spiro atoms. The van der Waals surface area contributed by atoms with Crippen LogP contribution in [0.2, 0.25) is 0 Å². The van der Waals surface area contributed by atoms with Crippen LogP contribution in [-0.2, 0) is 17.6 Å². The molecule has 0 atom stereocenters. The molecule has 0 amide bonds. The van der Waals surface area contributed by atoms with E-state index in [0.717, 1.165) is 11.1 Å². The quantitative estimate of drug-likeness (QED) is 0.582. The predicted octanol–water partition coefficient (Wildman–Crippen LogP) is 1.03. The third-order valence-corrected chi connectivity index (χ3v) is 2.39. The normalized spacial score (nSPS) is 15.5. The van der Waals surface area contributed by atoms with Crippen molar-refractivity contribution in [3.8, 4) is 5.75 Å². The van der Waals surface area contributed by atoms with Gasteiger partial charge in [0.05, 0.1) is 0 Å². The molecular weight excluding hydrogens is 166 g/mol. The van der Waals surface area contributed by atoms with E-state index in [4.69, 9.17) is 5.73 Å². The van der Waals surface area contributed by atoms with Crippen LogP contribution in [0.15, 0.2) is 12.1 Å². The summed E-state index contributed by atoms with van der Waals surface area (Å²) in [7, 11) is 0. The van der Waals surface area contributed by atoms with Gasteiger partial charge in [0.25, 0.3) is 0 Å². The number of phenols is 1. The number of hydrogen-bond acceptors (Lipinski definition) is 3. The van der Waals surface area contributed by atoms with E-state index in [2.05, 4.69) is 0 Å². The van der Waals surface area contributed by atoms with Gasteiger partial charge < -0.3 is 10.8 Å². The van der Waals surface area contributed by atoms with E-state index in [9.17, 15) is 9.90 Å². The second kappa shape index (κ2) is 2.76. The predicted molar refractivity (Wildman–Crippen MR) is 49.6 cm³/mol.